The summed E-state index contributed by atoms with van der Waals surface area (Å²) in [6, 6.07) is 5.77. The molecule has 0 aliphatic carbocycles. The van der Waals surface area contributed by atoms with E-state index in [2.05, 4.69) is 27.1 Å². The third kappa shape index (κ3) is 6.37. The molecule has 0 bridgehead atoms. The van der Waals surface area contributed by atoms with E-state index in [0.29, 0.717) is 18.2 Å². The molecule has 2 heterocycles. The first-order chi connectivity index (χ1) is 15.1. The molecule has 0 radical (unpaired) electrons. The van der Waals surface area contributed by atoms with Gasteiger partial charge in [0.15, 0.2) is 0 Å². The van der Waals surface area contributed by atoms with Crippen molar-refractivity contribution in [3.63, 3.8) is 0 Å². The second-order valence-electron chi connectivity index (χ2n) is 7.81. The Labute approximate surface area is 185 Å². The molecule has 1 N–H and O–H groups in total. The SMILES string of the molecule is COc1cc(OC)c(CN(C)CCNc2nccc(N3CCCCCC3)n2)c(OC)c1. The zero-order valence-corrected chi connectivity index (χ0v) is 19.2. The zero-order valence-electron chi connectivity index (χ0n) is 19.2. The van der Waals surface area contributed by atoms with Gasteiger partial charge in [0.1, 0.15) is 23.1 Å². The lowest BCUT2D eigenvalue weighted by molar-refractivity contribution is 0.313. The highest BCUT2D eigenvalue weighted by molar-refractivity contribution is 5.50. The van der Waals surface area contributed by atoms with Gasteiger partial charge in [-0.05, 0) is 26.0 Å². The summed E-state index contributed by atoms with van der Waals surface area (Å²) >= 11 is 0. The summed E-state index contributed by atoms with van der Waals surface area (Å²) in [5, 5.41) is 3.36. The summed E-state index contributed by atoms with van der Waals surface area (Å²) < 4.78 is 16.4. The van der Waals surface area contributed by atoms with E-state index in [1.165, 1.54) is 25.7 Å². The molecule has 0 atom stereocenters. The number of hydrogen-bond acceptors (Lipinski definition) is 8. The maximum atomic E-state index is 5.56. The second-order valence-corrected chi connectivity index (χ2v) is 7.81. The number of methoxy groups -OCH3 is 3. The minimum absolute atomic E-state index is 0.676. The third-order valence-electron chi connectivity index (χ3n) is 5.59. The van der Waals surface area contributed by atoms with Gasteiger partial charge < -0.3 is 29.3 Å². The number of hydrogen-bond donors (Lipinski definition) is 1. The van der Waals surface area contributed by atoms with E-state index in [1.54, 1.807) is 21.3 Å². The van der Waals surface area contributed by atoms with Gasteiger partial charge in [0.05, 0.1) is 26.9 Å². The summed E-state index contributed by atoms with van der Waals surface area (Å²) in [5.74, 6) is 3.91. The molecule has 0 amide bonds. The molecule has 8 nitrogen and oxygen atoms in total. The molecule has 1 fully saturated rings. The smallest absolute Gasteiger partial charge is 0.224 e. The van der Waals surface area contributed by atoms with Crippen LogP contribution < -0.4 is 24.4 Å². The van der Waals surface area contributed by atoms with E-state index in [9.17, 15) is 0 Å². The number of nitrogens with zero attached hydrogens (tertiary/aromatic N) is 4. The monoisotopic (exact) mass is 429 g/mol. The van der Waals surface area contributed by atoms with Gasteiger partial charge in [0.2, 0.25) is 5.95 Å². The highest BCUT2D eigenvalue weighted by Crippen LogP contribution is 2.34. The fourth-order valence-electron chi connectivity index (χ4n) is 3.85. The van der Waals surface area contributed by atoms with Crippen molar-refractivity contribution in [1.29, 1.82) is 0 Å². The van der Waals surface area contributed by atoms with Gasteiger partial charge in [-0.3, -0.25) is 0 Å². The van der Waals surface area contributed by atoms with Crippen LogP contribution in [-0.4, -0.2) is 69.4 Å². The van der Waals surface area contributed by atoms with Crippen molar-refractivity contribution >= 4 is 11.8 Å². The van der Waals surface area contributed by atoms with Crippen molar-refractivity contribution in [3.05, 3.63) is 30.0 Å². The van der Waals surface area contributed by atoms with Crippen LogP contribution in [0.5, 0.6) is 17.2 Å². The van der Waals surface area contributed by atoms with Crippen LogP contribution in [0, 0.1) is 0 Å². The molecular formula is C23H35N5O3. The number of benzene rings is 1. The highest BCUT2D eigenvalue weighted by atomic mass is 16.5. The molecule has 3 rings (SSSR count). The molecule has 170 valence electrons. The Morgan fingerprint density at radius 3 is 2.29 bits per heavy atom. The van der Waals surface area contributed by atoms with Crippen molar-refractivity contribution in [2.45, 2.75) is 32.2 Å². The maximum absolute atomic E-state index is 5.56. The number of likely N-dealkylation sites (N-methyl/N-ethyl adjacent to an activating group) is 1. The second kappa shape index (κ2) is 11.6. The molecule has 1 saturated heterocycles. The normalized spacial score (nSPS) is 14.3. The molecule has 0 spiro atoms. The summed E-state index contributed by atoms with van der Waals surface area (Å²) in [7, 11) is 7.02. The third-order valence-corrected chi connectivity index (χ3v) is 5.59. The van der Waals surface area contributed by atoms with Gasteiger partial charge in [-0.25, -0.2) is 4.98 Å². The van der Waals surface area contributed by atoms with E-state index in [4.69, 9.17) is 19.2 Å². The first-order valence-electron chi connectivity index (χ1n) is 10.9. The molecule has 0 unspecified atom stereocenters. The van der Waals surface area contributed by atoms with Crippen LogP contribution in [0.15, 0.2) is 24.4 Å². The zero-order chi connectivity index (χ0) is 22.1. The Balaban J connectivity index is 1.56. The van der Waals surface area contributed by atoms with E-state index in [1.807, 2.05) is 24.4 Å². The van der Waals surface area contributed by atoms with E-state index in [0.717, 1.165) is 49.1 Å². The van der Waals surface area contributed by atoms with Crippen LogP contribution in [0.25, 0.3) is 0 Å². The van der Waals surface area contributed by atoms with Crippen LogP contribution in [0.3, 0.4) is 0 Å². The lowest BCUT2D eigenvalue weighted by Crippen LogP contribution is -2.27. The molecule has 2 aromatic rings. The summed E-state index contributed by atoms with van der Waals surface area (Å²) in [6.45, 7) is 4.39. The molecule has 1 aliphatic heterocycles. The Kier molecular flexibility index (Phi) is 8.58. The Morgan fingerprint density at radius 1 is 1.00 bits per heavy atom. The van der Waals surface area contributed by atoms with Gasteiger partial charge >= 0.3 is 0 Å². The van der Waals surface area contributed by atoms with Crippen molar-refractivity contribution in [1.82, 2.24) is 14.9 Å². The predicted octanol–water partition coefficient (Wildman–Crippen LogP) is 3.43. The first kappa shape index (κ1) is 22.9. The summed E-state index contributed by atoms with van der Waals surface area (Å²) in [4.78, 5) is 13.7. The first-order valence-corrected chi connectivity index (χ1v) is 10.9. The Morgan fingerprint density at radius 2 is 1.68 bits per heavy atom. The average Bonchev–Trinajstić information content (AvgIpc) is 3.09. The predicted molar refractivity (Wildman–Crippen MR) is 124 cm³/mol. The maximum Gasteiger partial charge on any atom is 0.224 e. The number of ether oxygens (including phenoxy) is 3. The van der Waals surface area contributed by atoms with E-state index >= 15 is 0 Å². The number of aromatic nitrogens is 2. The minimum atomic E-state index is 0.676. The lowest BCUT2D eigenvalue weighted by Gasteiger charge is -2.22. The Bertz CT molecular complexity index is 800. The van der Waals surface area contributed by atoms with Gasteiger partial charge in [0.25, 0.3) is 0 Å². The van der Waals surface area contributed by atoms with Gasteiger partial charge in [-0.1, -0.05) is 12.8 Å². The van der Waals surface area contributed by atoms with Gasteiger partial charge in [0, 0.05) is 51.1 Å². The average molecular weight is 430 g/mol. The van der Waals surface area contributed by atoms with Crippen LogP contribution in [-0.2, 0) is 6.54 Å². The fourth-order valence-corrected chi connectivity index (χ4v) is 3.85. The number of anilines is 2. The molecule has 8 heteroatoms. The van der Waals surface area contributed by atoms with Crippen LogP contribution in [0.1, 0.15) is 31.2 Å². The molecule has 0 saturated carbocycles. The van der Waals surface area contributed by atoms with Crippen molar-refractivity contribution in [2.75, 3.05) is 64.8 Å². The summed E-state index contributed by atoms with van der Waals surface area (Å²) in [6.07, 6.45) is 6.92. The molecule has 1 aliphatic rings. The molecular weight excluding hydrogens is 394 g/mol. The van der Waals surface area contributed by atoms with E-state index < -0.39 is 0 Å². The minimum Gasteiger partial charge on any atom is -0.496 e. The van der Waals surface area contributed by atoms with Crippen molar-refractivity contribution in [2.24, 2.45) is 0 Å². The largest absolute Gasteiger partial charge is 0.496 e. The standard InChI is InChI=1S/C23H35N5O3/c1-27(17-19-20(30-3)15-18(29-2)16-21(19)31-4)14-11-25-23-24-10-9-22(26-23)28-12-7-5-6-8-13-28/h9-10,15-16H,5-8,11-14,17H2,1-4H3,(H,24,25,26). The molecule has 31 heavy (non-hydrogen) atoms. The van der Waals surface area contributed by atoms with Crippen molar-refractivity contribution in [3.8, 4) is 17.2 Å². The molecule has 1 aromatic heterocycles. The topological polar surface area (TPSA) is 72.0 Å². The quantitative estimate of drug-likeness (QED) is 0.616. The Hall–Kier alpha value is -2.74. The van der Waals surface area contributed by atoms with Gasteiger partial charge in [-0.15, -0.1) is 0 Å². The van der Waals surface area contributed by atoms with Crippen LogP contribution in [0.2, 0.25) is 0 Å². The fraction of sp³-hybridized carbons (Fsp3) is 0.565. The van der Waals surface area contributed by atoms with E-state index in [-0.39, 0.29) is 0 Å². The summed E-state index contributed by atoms with van der Waals surface area (Å²) in [5.41, 5.74) is 0.993. The lowest BCUT2D eigenvalue weighted by atomic mass is 10.1. The number of nitrogens with one attached hydrogen (secondary N) is 1. The molecule has 1 aromatic carbocycles. The highest BCUT2D eigenvalue weighted by Gasteiger charge is 2.15. The number of rotatable bonds is 10. The van der Waals surface area contributed by atoms with Crippen LogP contribution >= 0.6 is 0 Å². The van der Waals surface area contributed by atoms with Crippen LogP contribution in [0.4, 0.5) is 11.8 Å². The van der Waals surface area contributed by atoms with Gasteiger partial charge in [-0.2, -0.15) is 4.98 Å². The van der Waals surface area contributed by atoms with Crippen molar-refractivity contribution < 1.29 is 14.2 Å².